The third kappa shape index (κ3) is 3.54. The number of carbonyl (C=O) groups excluding carboxylic acids is 1. The van der Waals surface area contributed by atoms with Crippen molar-refractivity contribution in [1.82, 2.24) is 15.5 Å². The van der Waals surface area contributed by atoms with E-state index in [1.165, 1.54) is 6.20 Å². The summed E-state index contributed by atoms with van der Waals surface area (Å²) in [6.07, 6.45) is 2.43. The van der Waals surface area contributed by atoms with Gasteiger partial charge in [-0.2, -0.15) is 5.10 Å². The molecular formula is C8H14N4O3S. The molecule has 16 heavy (non-hydrogen) atoms. The van der Waals surface area contributed by atoms with Gasteiger partial charge in [-0.3, -0.25) is 9.89 Å². The first-order chi connectivity index (χ1) is 7.29. The Kier molecular flexibility index (Phi) is 3.53. The van der Waals surface area contributed by atoms with Gasteiger partial charge in [-0.25, -0.2) is 8.42 Å². The van der Waals surface area contributed by atoms with Gasteiger partial charge in [-0.1, -0.05) is 0 Å². The average Bonchev–Trinajstić information content (AvgIpc) is 2.47. The maximum Gasteiger partial charge on any atom is 0.271 e. The Morgan fingerprint density at radius 2 is 2.31 bits per heavy atom. The summed E-state index contributed by atoms with van der Waals surface area (Å²) < 4.78 is 22.0. The number of sulfone groups is 1. The normalized spacial score (nSPS) is 13.4. The quantitative estimate of drug-likeness (QED) is 0.640. The lowest BCUT2D eigenvalue weighted by molar-refractivity contribution is 0.0939. The molecule has 0 saturated heterocycles. The summed E-state index contributed by atoms with van der Waals surface area (Å²) >= 11 is 0. The van der Waals surface area contributed by atoms with Crippen molar-refractivity contribution in [3.63, 3.8) is 0 Å². The number of nitrogens with zero attached hydrogens (tertiary/aromatic N) is 1. The molecule has 1 amide bonds. The van der Waals surface area contributed by atoms with Gasteiger partial charge in [0.2, 0.25) is 0 Å². The van der Waals surface area contributed by atoms with Gasteiger partial charge in [0.05, 0.1) is 17.6 Å². The summed E-state index contributed by atoms with van der Waals surface area (Å²) in [5, 5.41) is 8.54. The maximum atomic E-state index is 11.6. The number of hydrogen-bond acceptors (Lipinski definition) is 5. The molecule has 0 radical (unpaired) electrons. The summed E-state index contributed by atoms with van der Waals surface area (Å²) in [6.45, 7) is 1.60. The standard InChI is InChI=1S/C8H14N4O3S/c1-5(4-16(2,14)15)11-8(13)7-6(9)3-10-12-7/h3,5H,4,9H2,1-2H3,(H,10,12)(H,11,13). The van der Waals surface area contributed by atoms with Crippen molar-refractivity contribution in [2.24, 2.45) is 0 Å². The van der Waals surface area contributed by atoms with Crippen LogP contribution in [0.25, 0.3) is 0 Å². The van der Waals surface area contributed by atoms with Crippen molar-refractivity contribution in [2.45, 2.75) is 13.0 Å². The fraction of sp³-hybridized carbons (Fsp3) is 0.500. The molecular weight excluding hydrogens is 232 g/mol. The number of aromatic amines is 1. The monoisotopic (exact) mass is 246 g/mol. The molecule has 1 unspecified atom stereocenters. The van der Waals surface area contributed by atoms with Crippen LogP contribution in [0.2, 0.25) is 0 Å². The lowest BCUT2D eigenvalue weighted by Crippen LogP contribution is -2.37. The molecule has 0 bridgehead atoms. The SMILES string of the molecule is CC(CS(C)(=O)=O)NC(=O)c1[nH]ncc1N. The van der Waals surface area contributed by atoms with Crippen molar-refractivity contribution in [3.8, 4) is 0 Å². The molecule has 1 aromatic rings. The Balaban J connectivity index is 2.63. The topological polar surface area (TPSA) is 118 Å². The van der Waals surface area contributed by atoms with Gasteiger partial charge >= 0.3 is 0 Å². The smallest absolute Gasteiger partial charge is 0.271 e. The fourth-order valence-corrected chi connectivity index (χ4v) is 2.26. The summed E-state index contributed by atoms with van der Waals surface area (Å²) in [5.74, 6) is -0.585. The number of carbonyl (C=O) groups is 1. The highest BCUT2D eigenvalue weighted by molar-refractivity contribution is 7.90. The molecule has 1 atom stereocenters. The highest BCUT2D eigenvalue weighted by Crippen LogP contribution is 2.05. The molecule has 0 aliphatic heterocycles. The van der Waals surface area contributed by atoms with Crippen molar-refractivity contribution >= 4 is 21.4 Å². The molecule has 90 valence electrons. The van der Waals surface area contributed by atoms with Crippen LogP contribution in [0.3, 0.4) is 0 Å². The second-order valence-electron chi connectivity index (χ2n) is 3.67. The van der Waals surface area contributed by atoms with E-state index in [9.17, 15) is 13.2 Å². The molecule has 1 heterocycles. The molecule has 0 aromatic carbocycles. The summed E-state index contributed by atoms with van der Waals surface area (Å²) in [6, 6.07) is -0.481. The molecule has 0 aliphatic rings. The van der Waals surface area contributed by atoms with Crippen LogP contribution >= 0.6 is 0 Å². The van der Waals surface area contributed by atoms with Crippen LogP contribution < -0.4 is 11.1 Å². The van der Waals surface area contributed by atoms with Gasteiger partial charge in [-0.05, 0) is 6.92 Å². The number of hydrogen-bond donors (Lipinski definition) is 3. The molecule has 0 aliphatic carbocycles. The lowest BCUT2D eigenvalue weighted by atomic mass is 10.3. The van der Waals surface area contributed by atoms with Gasteiger partial charge in [0.1, 0.15) is 15.5 Å². The first kappa shape index (κ1) is 12.5. The Labute approximate surface area is 93.3 Å². The first-order valence-electron chi connectivity index (χ1n) is 4.57. The third-order valence-corrected chi connectivity index (χ3v) is 2.93. The van der Waals surface area contributed by atoms with E-state index in [1.807, 2.05) is 0 Å². The molecule has 7 nitrogen and oxygen atoms in total. The van der Waals surface area contributed by atoms with E-state index in [0.29, 0.717) is 0 Å². The van der Waals surface area contributed by atoms with Gasteiger partial charge in [-0.15, -0.1) is 0 Å². The van der Waals surface area contributed by atoms with Crippen LogP contribution in [-0.2, 0) is 9.84 Å². The molecule has 4 N–H and O–H groups in total. The molecule has 0 saturated carbocycles. The van der Waals surface area contributed by atoms with Gasteiger partial charge in [0.25, 0.3) is 5.91 Å². The summed E-state index contributed by atoms with van der Waals surface area (Å²) in [4.78, 5) is 11.6. The van der Waals surface area contributed by atoms with Crippen molar-refractivity contribution in [1.29, 1.82) is 0 Å². The van der Waals surface area contributed by atoms with E-state index in [4.69, 9.17) is 5.73 Å². The van der Waals surface area contributed by atoms with Gasteiger partial charge in [0.15, 0.2) is 0 Å². The van der Waals surface area contributed by atoms with Crippen LogP contribution in [0.4, 0.5) is 5.69 Å². The predicted octanol–water partition coefficient (Wildman–Crippen LogP) is -0.845. The Morgan fingerprint density at radius 1 is 1.69 bits per heavy atom. The number of nitrogens with two attached hydrogens (primary N) is 1. The number of nitrogens with one attached hydrogen (secondary N) is 2. The van der Waals surface area contributed by atoms with E-state index < -0.39 is 21.8 Å². The number of H-pyrrole nitrogens is 1. The number of aromatic nitrogens is 2. The van der Waals surface area contributed by atoms with Crippen LogP contribution in [0.1, 0.15) is 17.4 Å². The van der Waals surface area contributed by atoms with E-state index in [1.54, 1.807) is 6.92 Å². The molecule has 0 fully saturated rings. The maximum absolute atomic E-state index is 11.6. The summed E-state index contributed by atoms with van der Waals surface area (Å²) in [5.41, 5.74) is 5.84. The first-order valence-corrected chi connectivity index (χ1v) is 6.63. The second-order valence-corrected chi connectivity index (χ2v) is 5.85. The van der Waals surface area contributed by atoms with Crippen LogP contribution in [-0.4, -0.2) is 42.6 Å². The molecule has 8 heteroatoms. The Hall–Kier alpha value is -1.57. The van der Waals surface area contributed by atoms with E-state index in [2.05, 4.69) is 15.5 Å². The predicted molar refractivity (Wildman–Crippen MR) is 59.6 cm³/mol. The highest BCUT2D eigenvalue weighted by atomic mass is 32.2. The fourth-order valence-electron chi connectivity index (χ4n) is 1.27. The number of anilines is 1. The van der Waals surface area contributed by atoms with Gasteiger partial charge in [0, 0.05) is 12.3 Å². The minimum absolute atomic E-state index is 0.118. The zero-order valence-electron chi connectivity index (χ0n) is 9.02. The minimum Gasteiger partial charge on any atom is -0.396 e. The van der Waals surface area contributed by atoms with Crippen LogP contribution in [0, 0.1) is 0 Å². The molecule has 1 rings (SSSR count). The zero-order valence-corrected chi connectivity index (χ0v) is 9.84. The number of rotatable bonds is 4. The van der Waals surface area contributed by atoms with E-state index >= 15 is 0 Å². The molecule has 0 spiro atoms. The van der Waals surface area contributed by atoms with Crippen molar-refractivity contribution in [3.05, 3.63) is 11.9 Å². The Bertz CT molecular complexity index is 479. The number of amides is 1. The average molecular weight is 246 g/mol. The second kappa shape index (κ2) is 4.52. The summed E-state index contributed by atoms with van der Waals surface area (Å²) in [7, 11) is -3.12. The van der Waals surface area contributed by atoms with Crippen LogP contribution in [0.15, 0.2) is 6.20 Å². The Morgan fingerprint density at radius 3 is 2.75 bits per heavy atom. The van der Waals surface area contributed by atoms with Gasteiger partial charge < -0.3 is 11.1 Å². The van der Waals surface area contributed by atoms with E-state index in [-0.39, 0.29) is 17.1 Å². The van der Waals surface area contributed by atoms with Crippen molar-refractivity contribution in [2.75, 3.05) is 17.7 Å². The zero-order chi connectivity index (χ0) is 12.3. The van der Waals surface area contributed by atoms with Crippen LogP contribution in [0.5, 0.6) is 0 Å². The third-order valence-electron chi connectivity index (χ3n) is 1.83. The number of nitrogen functional groups attached to an aromatic ring is 1. The minimum atomic E-state index is -3.12. The molecule has 1 aromatic heterocycles. The highest BCUT2D eigenvalue weighted by Gasteiger charge is 2.16. The van der Waals surface area contributed by atoms with E-state index in [0.717, 1.165) is 6.26 Å². The largest absolute Gasteiger partial charge is 0.396 e. The van der Waals surface area contributed by atoms with Crippen molar-refractivity contribution < 1.29 is 13.2 Å². The lowest BCUT2D eigenvalue weighted by Gasteiger charge is -2.11.